The second kappa shape index (κ2) is 10.6. The summed E-state index contributed by atoms with van der Waals surface area (Å²) in [5, 5.41) is 19.0. The molecule has 0 aromatic heterocycles. The van der Waals surface area contributed by atoms with Gasteiger partial charge in [0, 0.05) is 12.1 Å². The summed E-state index contributed by atoms with van der Waals surface area (Å²) in [6.45, 7) is 0. The first-order chi connectivity index (χ1) is 14.1. The first kappa shape index (κ1) is 23.9. The Balaban J connectivity index is 2.09. The SMILES string of the molecule is COc1ccc([N+](=O)[O-])cc1NC(=S)N[C@H](NC(=O)Cc1ccccc1)C(Cl)(Cl)Cl. The van der Waals surface area contributed by atoms with Crippen LogP contribution in [0.4, 0.5) is 11.4 Å². The quantitative estimate of drug-likeness (QED) is 0.177. The Morgan fingerprint density at radius 2 is 1.87 bits per heavy atom. The topological polar surface area (TPSA) is 106 Å². The summed E-state index contributed by atoms with van der Waals surface area (Å²) in [5.74, 6) is -0.0935. The van der Waals surface area contributed by atoms with Crippen LogP contribution in [0.5, 0.6) is 5.75 Å². The van der Waals surface area contributed by atoms with Crippen LogP contribution in [-0.2, 0) is 11.2 Å². The molecule has 0 unspecified atom stereocenters. The first-order valence-electron chi connectivity index (χ1n) is 8.40. The average molecular weight is 492 g/mol. The summed E-state index contributed by atoms with van der Waals surface area (Å²) in [5.41, 5.74) is 0.832. The molecular formula is C18H17Cl3N4O4S. The van der Waals surface area contributed by atoms with Gasteiger partial charge in [-0.15, -0.1) is 0 Å². The van der Waals surface area contributed by atoms with Crippen molar-refractivity contribution in [3.8, 4) is 5.75 Å². The second-order valence-corrected chi connectivity index (χ2v) is 8.72. The summed E-state index contributed by atoms with van der Waals surface area (Å²) < 4.78 is 3.22. The third-order valence-corrected chi connectivity index (χ3v) is 4.63. The average Bonchev–Trinajstić information content (AvgIpc) is 2.67. The molecule has 2 aromatic rings. The molecule has 30 heavy (non-hydrogen) atoms. The molecule has 2 aromatic carbocycles. The van der Waals surface area contributed by atoms with Crippen LogP contribution in [0.3, 0.4) is 0 Å². The lowest BCUT2D eigenvalue weighted by Crippen LogP contribution is -2.56. The van der Waals surface area contributed by atoms with E-state index in [2.05, 4.69) is 16.0 Å². The highest BCUT2D eigenvalue weighted by molar-refractivity contribution is 7.80. The van der Waals surface area contributed by atoms with Gasteiger partial charge in [0.2, 0.25) is 9.70 Å². The van der Waals surface area contributed by atoms with Gasteiger partial charge < -0.3 is 20.7 Å². The number of halogens is 3. The van der Waals surface area contributed by atoms with Crippen LogP contribution in [0.25, 0.3) is 0 Å². The first-order valence-corrected chi connectivity index (χ1v) is 9.94. The van der Waals surface area contributed by atoms with Crippen molar-refractivity contribution in [2.75, 3.05) is 12.4 Å². The Bertz CT molecular complexity index is 925. The Morgan fingerprint density at radius 3 is 2.43 bits per heavy atom. The van der Waals surface area contributed by atoms with Crippen molar-refractivity contribution >= 4 is 69.4 Å². The molecule has 8 nitrogen and oxygen atoms in total. The fraction of sp³-hybridized carbons (Fsp3) is 0.222. The van der Waals surface area contributed by atoms with Crippen molar-refractivity contribution in [2.24, 2.45) is 0 Å². The number of methoxy groups -OCH3 is 1. The Kier molecular flexibility index (Phi) is 8.48. The number of carbonyl (C=O) groups excluding carboxylic acids is 1. The number of hydrogen-bond donors (Lipinski definition) is 3. The molecule has 0 aliphatic heterocycles. The molecule has 3 N–H and O–H groups in total. The molecule has 0 saturated heterocycles. The number of nitrogens with zero attached hydrogens (tertiary/aromatic N) is 1. The number of benzene rings is 2. The smallest absolute Gasteiger partial charge is 0.271 e. The van der Waals surface area contributed by atoms with E-state index in [0.717, 1.165) is 5.56 Å². The van der Waals surface area contributed by atoms with E-state index in [9.17, 15) is 14.9 Å². The van der Waals surface area contributed by atoms with Gasteiger partial charge in [0.25, 0.3) is 5.69 Å². The number of nitro benzene ring substituents is 1. The Morgan fingerprint density at radius 1 is 1.20 bits per heavy atom. The number of carbonyl (C=O) groups is 1. The van der Waals surface area contributed by atoms with E-state index in [0.29, 0.717) is 5.75 Å². The lowest BCUT2D eigenvalue weighted by atomic mass is 10.1. The summed E-state index contributed by atoms with van der Waals surface area (Å²) in [6.07, 6.45) is -1.11. The normalized spacial score (nSPS) is 11.9. The van der Waals surface area contributed by atoms with Crippen LogP contribution in [0.2, 0.25) is 0 Å². The summed E-state index contributed by atoms with van der Waals surface area (Å²) >= 11 is 23.1. The molecular weight excluding hydrogens is 475 g/mol. The van der Waals surface area contributed by atoms with Crippen molar-refractivity contribution in [3.05, 3.63) is 64.2 Å². The maximum atomic E-state index is 12.3. The Labute approximate surface area is 193 Å². The van der Waals surface area contributed by atoms with Crippen LogP contribution in [0.1, 0.15) is 5.56 Å². The Hall–Kier alpha value is -2.33. The zero-order valence-corrected chi connectivity index (χ0v) is 18.6. The summed E-state index contributed by atoms with van der Waals surface area (Å²) in [6, 6.07) is 13.0. The van der Waals surface area contributed by atoms with Gasteiger partial charge in [0.05, 0.1) is 24.1 Å². The highest BCUT2D eigenvalue weighted by Crippen LogP contribution is 2.31. The fourth-order valence-corrected chi connectivity index (χ4v) is 2.94. The molecule has 0 radical (unpaired) electrons. The number of ether oxygens (including phenoxy) is 1. The van der Waals surface area contributed by atoms with Gasteiger partial charge in [-0.1, -0.05) is 65.1 Å². The standard InChI is InChI=1S/C18H17Cl3N4O4S/c1-29-14-8-7-12(25(27)28)10-13(14)22-17(30)24-16(18(19,20)21)23-15(26)9-11-5-3-2-4-6-11/h2-8,10,16H,9H2,1H3,(H,23,26)(H2,22,24,30)/t16-/m0/s1. The van der Waals surface area contributed by atoms with Crippen LogP contribution >= 0.6 is 47.0 Å². The lowest BCUT2D eigenvalue weighted by molar-refractivity contribution is -0.384. The molecule has 12 heteroatoms. The largest absolute Gasteiger partial charge is 0.495 e. The number of anilines is 1. The molecule has 0 aliphatic rings. The van der Waals surface area contributed by atoms with Gasteiger partial charge in [-0.05, 0) is 23.8 Å². The van der Waals surface area contributed by atoms with E-state index in [1.54, 1.807) is 24.3 Å². The van der Waals surface area contributed by atoms with E-state index in [1.807, 2.05) is 6.07 Å². The molecule has 0 spiro atoms. The lowest BCUT2D eigenvalue weighted by Gasteiger charge is -2.28. The van der Waals surface area contributed by atoms with Gasteiger partial charge in [-0.2, -0.15) is 0 Å². The van der Waals surface area contributed by atoms with Crippen LogP contribution in [0.15, 0.2) is 48.5 Å². The zero-order chi connectivity index (χ0) is 22.3. The van der Waals surface area contributed by atoms with Crippen LogP contribution in [-0.4, -0.2) is 33.0 Å². The minimum absolute atomic E-state index is 0.0508. The van der Waals surface area contributed by atoms with E-state index >= 15 is 0 Å². The zero-order valence-electron chi connectivity index (χ0n) is 15.5. The van der Waals surface area contributed by atoms with Crippen molar-refractivity contribution in [1.82, 2.24) is 10.6 Å². The summed E-state index contributed by atoms with van der Waals surface area (Å²) in [7, 11) is 1.40. The van der Waals surface area contributed by atoms with E-state index in [1.165, 1.54) is 25.3 Å². The number of hydrogen-bond acceptors (Lipinski definition) is 5. The number of non-ortho nitro benzene ring substituents is 1. The van der Waals surface area contributed by atoms with Gasteiger partial charge in [-0.3, -0.25) is 14.9 Å². The molecule has 0 bridgehead atoms. The molecule has 1 atom stereocenters. The minimum atomic E-state index is -1.94. The molecule has 1 amide bonds. The third kappa shape index (κ3) is 7.17. The van der Waals surface area contributed by atoms with Crippen molar-refractivity contribution in [2.45, 2.75) is 16.4 Å². The highest BCUT2D eigenvalue weighted by Gasteiger charge is 2.34. The molecule has 2 rings (SSSR count). The van der Waals surface area contributed by atoms with Crippen LogP contribution in [0, 0.1) is 10.1 Å². The van der Waals surface area contributed by atoms with Crippen molar-refractivity contribution in [1.29, 1.82) is 0 Å². The van der Waals surface area contributed by atoms with E-state index in [4.69, 9.17) is 51.8 Å². The van der Waals surface area contributed by atoms with Gasteiger partial charge >= 0.3 is 0 Å². The third-order valence-electron chi connectivity index (χ3n) is 3.76. The van der Waals surface area contributed by atoms with Gasteiger partial charge in [-0.25, -0.2) is 0 Å². The molecule has 0 heterocycles. The molecule has 0 saturated carbocycles. The predicted octanol–water partition coefficient (Wildman–Crippen LogP) is 3.95. The second-order valence-electron chi connectivity index (χ2n) is 5.94. The fourth-order valence-electron chi connectivity index (χ4n) is 2.39. The maximum absolute atomic E-state index is 12.3. The predicted molar refractivity (Wildman–Crippen MR) is 121 cm³/mol. The monoisotopic (exact) mass is 490 g/mol. The van der Waals surface area contributed by atoms with E-state index in [-0.39, 0.29) is 22.9 Å². The van der Waals surface area contributed by atoms with Crippen LogP contribution < -0.4 is 20.7 Å². The minimum Gasteiger partial charge on any atom is -0.495 e. The number of amides is 1. The van der Waals surface area contributed by atoms with Gasteiger partial charge in [0.15, 0.2) is 5.11 Å². The molecule has 0 aliphatic carbocycles. The number of nitrogens with one attached hydrogen (secondary N) is 3. The molecule has 0 fully saturated rings. The number of rotatable bonds is 7. The van der Waals surface area contributed by atoms with Crippen molar-refractivity contribution < 1.29 is 14.5 Å². The highest BCUT2D eigenvalue weighted by atomic mass is 35.6. The number of thiocarbonyl (C=S) groups is 1. The van der Waals surface area contributed by atoms with Crippen molar-refractivity contribution in [3.63, 3.8) is 0 Å². The number of nitro groups is 1. The number of alkyl halides is 3. The van der Waals surface area contributed by atoms with Gasteiger partial charge in [0.1, 0.15) is 11.9 Å². The van der Waals surface area contributed by atoms with E-state index < -0.39 is 20.8 Å². The molecule has 160 valence electrons. The maximum Gasteiger partial charge on any atom is 0.271 e. The summed E-state index contributed by atoms with van der Waals surface area (Å²) in [4.78, 5) is 22.8.